The van der Waals surface area contributed by atoms with Crippen LogP contribution in [0.3, 0.4) is 0 Å². The Morgan fingerprint density at radius 3 is 2.47 bits per heavy atom. The van der Waals surface area contributed by atoms with Crippen LogP contribution in [0.1, 0.15) is 39.5 Å². The lowest BCUT2D eigenvalue weighted by Crippen LogP contribution is -2.36. The van der Waals surface area contributed by atoms with Gasteiger partial charge in [0, 0.05) is 12.2 Å². The van der Waals surface area contributed by atoms with Crippen LogP contribution in [-0.4, -0.2) is 12.5 Å². The van der Waals surface area contributed by atoms with Crippen LogP contribution in [0, 0.1) is 17.2 Å². The number of hydrogen-bond acceptors (Lipinski definition) is 2. The summed E-state index contributed by atoms with van der Waals surface area (Å²) in [4.78, 5) is 14.2. The second kappa shape index (κ2) is 8.31. The lowest BCUT2D eigenvalue weighted by atomic mass is 10.0. The molecule has 0 saturated carbocycles. The van der Waals surface area contributed by atoms with Gasteiger partial charge in [-0.25, -0.2) is 0 Å². The molecule has 0 fully saturated rings. The van der Waals surface area contributed by atoms with Crippen LogP contribution in [0.15, 0.2) is 30.3 Å². The van der Waals surface area contributed by atoms with Gasteiger partial charge >= 0.3 is 0 Å². The van der Waals surface area contributed by atoms with E-state index in [4.69, 9.17) is 5.26 Å². The summed E-state index contributed by atoms with van der Waals surface area (Å²) in [6.07, 6.45) is 3.46. The molecule has 0 aliphatic heterocycles. The number of anilines is 1. The number of nitriles is 1. The van der Waals surface area contributed by atoms with Crippen LogP contribution in [-0.2, 0) is 4.79 Å². The van der Waals surface area contributed by atoms with Gasteiger partial charge in [-0.15, -0.1) is 0 Å². The normalized spacial score (nSPS) is 11.6. The lowest BCUT2D eigenvalue weighted by molar-refractivity contribution is -0.121. The molecule has 1 unspecified atom stereocenters. The smallest absolute Gasteiger partial charge is 0.244 e. The molecule has 3 nitrogen and oxygen atoms in total. The first-order valence-corrected chi connectivity index (χ1v) is 7.00. The maximum Gasteiger partial charge on any atom is 0.244 e. The summed E-state index contributed by atoms with van der Waals surface area (Å²) >= 11 is 0. The number of amides is 1. The number of unbranched alkanes of at least 4 members (excludes halogenated alkanes) is 1. The minimum absolute atomic E-state index is 0.0657. The summed E-state index contributed by atoms with van der Waals surface area (Å²) in [5, 5.41) is 9.15. The fourth-order valence-corrected chi connectivity index (χ4v) is 2.01. The first-order chi connectivity index (χ1) is 9.24. The second-order valence-corrected chi connectivity index (χ2v) is 4.65. The van der Waals surface area contributed by atoms with E-state index in [1.165, 1.54) is 0 Å². The maximum absolute atomic E-state index is 12.5. The highest BCUT2D eigenvalue weighted by Gasteiger charge is 2.24. The largest absolute Gasteiger partial charge is 0.311 e. The van der Waals surface area contributed by atoms with Crippen LogP contribution in [0.2, 0.25) is 0 Å². The predicted molar refractivity (Wildman–Crippen MR) is 77.7 cm³/mol. The van der Waals surface area contributed by atoms with E-state index in [-0.39, 0.29) is 5.91 Å². The van der Waals surface area contributed by atoms with Crippen LogP contribution in [0.5, 0.6) is 0 Å². The minimum atomic E-state index is -0.526. The summed E-state index contributed by atoms with van der Waals surface area (Å²) in [7, 11) is 0. The molecule has 0 heterocycles. The van der Waals surface area contributed by atoms with E-state index in [0.29, 0.717) is 13.0 Å². The zero-order chi connectivity index (χ0) is 14.1. The Hall–Kier alpha value is -1.82. The Balaban J connectivity index is 2.91. The third-order valence-corrected chi connectivity index (χ3v) is 3.10. The lowest BCUT2D eigenvalue weighted by Gasteiger charge is -2.24. The molecule has 1 aromatic carbocycles. The van der Waals surface area contributed by atoms with E-state index in [1.807, 2.05) is 37.3 Å². The molecule has 0 bridgehead atoms. The van der Waals surface area contributed by atoms with Gasteiger partial charge in [0.25, 0.3) is 0 Å². The number of carbonyl (C=O) groups is 1. The van der Waals surface area contributed by atoms with Crippen LogP contribution in [0.25, 0.3) is 0 Å². The van der Waals surface area contributed by atoms with E-state index in [9.17, 15) is 4.79 Å². The Kier molecular flexibility index (Phi) is 6.67. The quantitative estimate of drug-likeness (QED) is 0.747. The van der Waals surface area contributed by atoms with Gasteiger partial charge in [-0.3, -0.25) is 4.79 Å². The molecule has 0 N–H and O–H groups in total. The second-order valence-electron chi connectivity index (χ2n) is 4.65. The standard InChI is InChI=1S/C16H22N2O/c1-3-5-12-18(15-10-7-6-8-11-15)16(19)14(13-17)9-4-2/h6-8,10-11,14H,3-5,9,12H2,1-2H3. The SMILES string of the molecule is CCCCN(C(=O)C(C#N)CCC)c1ccccc1. The van der Waals surface area contributed by atoms with Crippen molar-refractivity contribution >= 4 is 11.6 Å². The number of para-hydroxylation sites is 1. The number of hydrogen-bond donors (Lipinski definition) is 0. The van der Waals surface area contributed by atoms with Crippen molar-refractivity contribution in [2.45, 2.75) is 39.5 Å². The summed E-state index contributed by atoms with van der Waals surface area (Å²) in [5.41, 5.74) is 0.886. The highest BCUT2D eigenvalue weighted by Crippen LogP contribution is 2.19. The molecule has 1 amide bonds. The van der Waals surface area contributed by atoms with Crippen LogP contribution >= 0.6 is 0 Å². The van der Waals surface area contributed by atoms with Gasteiger partial charge in [-0.1, -0.05) is 44.9 Å². The predicted octanol–water partition coefficient (Wildman–Crippen LogP) is 3.76. The van der Waals surface area contributed by atoms with Crippen molar-refractivity contribution in [3.8, 4) is 6.07 Å². The van der Waals surface area contributed by atoms with Gasteiger partial charge in [0.15, 0.2) is 0 Å². The molecule has 1 atom stereocenters. The number of rotatable bonds is 7. The number of carbonyl (C=O) groups excluding carboxylic acids is 1. The Morgan fingerprint density at radius 1 is 1.26 bits per heavy atom. The summed E-state index contributed by atoms with van der Waals surface area (Å²) in [6.45, 7) is 4.78. The third-order valence-electron chi connectivity index (χ3n) is 3.10. The Labute approximate surface area is 115 Å². The van der Waals surface area contributed by atoms with Crippen molar-refractivity contribution in [1.29, 1.82) is 5.26 Å². The highest BCUT2D eigenvalue weighted by molar-refractivity contribution is 5.96. The van der Waals surface area contributed by atoms with Gasteiger partial charge in [0.1, 0.15) is 5.92 Å². The number of nitrogens with zero attached hydrogens (tertiary/aromatic N) is 2. The molecular weight excluding hydrogens is 236 g/mol. The molecule has 1 rings (SSSR count). The highest BCUT2D eigenvalue weighted by atomic mass is 16.2. The maximum atomic E-state index is 12.5. The molecule has 1 aromatic rings. The molecule has 0 radical (unpaired) electrons. The molecule has 102 valence electrons. The minimum Gasteiger partial charge on any atom is -0.311 e. The fraction of sp³-hybridized carbons (Fsp3) is 0.500. The average Bonchev–Trinajstić information content (AvgIpc) is 2.46. The number of benzene rings is 1. The van der Waals surface area contributed by atoms with Gasteiger partial charge in [0.2, 0.25) is 5.91 Å². The Bertz CT molecular complexity index is 422. The zero-order valence-electron chi connectivity index (χ0n) is 11.8. The van der Waals surface area contributed by atoms with Crippen molar-refractivity contribution in [1.82, 2.24) is 0 Å². The van der Waals surface area contributed by atoms with Crippen LogP contribution < -0.4 is 4.90 Å². The van der Waals surface area contributed by atoms with Gasteiger partial charge < -0.3 is 4.90 Å². The topological polar surface area (TPSA) is 44.1 Å². The summed E-state index contributed by atoms with van der Waals surface area (Å²) < 4.78 is 0. The molecule has 0 saturated heterocycles. The first-order valence-electron chi connectivity index (χ1n) is 7.00. The molecule has 0 spiro atoms. The van der Waals surface area contributed by atoms with E-state index in [1.54, 1.807) is 4.90 Å². The molecule has 0 aromatic heterocycles. The van der Waals surface area contributed by atoms with Crippen molar-refractivity contribution in [2.75, 3.05) is 11.4 Å². The van der Waals surface area contributed by atoms with E-state index < -0.39 is 5.92 Å². The van der Waals surface area contributed by atoms with Crippen molar-refractivity contribution < 1.29 is 4.79 Å². The fourth-order valence-electron chi connectivity index (χ4n) is 2.01. The molecule has 19 heavy (non-hydrogen) atoms. The van der Waals surface area contributed by atoms with E-state index >= 15 is 0 Å². The summed E-state index contributed by atoms with van der Waals surface area (Å²) in [6, 6.07) is 11.8. The van der Waals surface area contributed by atoms with Gasteiger partial charge in [-0.05, 0) is 25.0 Å². The van der Waals surface area contributed by atoms with Crippen LogP contribution in [0.4, 0.5) is 5.69 Å². The zero-order valence-corrected chi connectivity index (χ0v) is 11.8. The summed E-state index contributed by atoms with van der Waals surface area (Å²) in [5.74, 6) is -0.592. The first kappa shape index (κ1) is 15.2. The van der Waals surface area contributed by atoms with Gasteiger partial charge in [0.05, 0.1) is 6.07 Å². The van der Waals surface area contributed by atoms with E-state index in [2.05, 4.69) is 13.0 Å². The molecular formula is C16H22N2O. The molecule has 0 aliphatic rings. The average molecular weight is 258 g/mol. The third kappa shape index (κ3) is 4.40. The molecule has 3 heteroatoms. The van der Waals surface area contributed by atoms with Crippen molar-refractivity contribution in [2.24, 2.45) is 5.92 Å². The van der Waals surface area contributed by atoms with Crippen molar-refractivity contribution in [3.05, 3.63) is 30.3 Å². The van der Waals surface area contributed by atoms with Crippen molar-refractivity contribution in [3.63, 3.8) is 0 Å². The van der Waals surface area contributed by atoms with E-state index in [0.717, 1.165) is 24.9 Å². The van der Waals surface area contributed by atoms with Gasteiger partial charge in [-0.2, -0.15) is 5.26 Å². The Morgan fingerprint density at radius 2 is 1.95 bits per heavy atom. The monoisotopic (exact) mass is 258 g/mol. The molecule has 0 aliphatic carbocycles.